The highest BCUT2D eigenvalue weighted by Gasteiger charge is 2.39. The zero-order chi connectivity index (χ0) is 10.8. The summed E-state index contributed by atoms with van der Waals surface area (Å²) in [5.41, 5.74) is 3.70. The van der Waals surface area contributed by atoms with E-state index in [1.54, 1.807) is 0 Å². The van der Waals surface area contributed by atoms with Crippen LogP contribution in [0.2, 0.25) is 0 Å². The number of hydrogen-bond donors (Lipinski definition) is 1. The van der Waals surface area contributed by atoms with Gasteiger partial charge in [-0.2, -0.15) is 13.2 Å². The third kappa shape index (κ3) is 2.96. The fourth-order valence-corrected chi connectivity index (χ4v) is 0.843. The Balaban J connectivity index is 5.02. The van der Waals surface area contributed by atoms with Crippen LogP contribution in [0.25, 0.3) is 0 Å². The van der Waals surface area contributed by atoms with Crippen molar-refractivity contribution in [3.8, 4) is 0 Å². The Morgan fingerprint density at radius 3 is 1.92 bits per heavy atom. The Kier molecular flexibility index (Phi) is 3.34. The topological polar surface area (TPSA) is 66.2 Å². The molecule has 0 fully saturated rings. The number of aliphatic carboxylic acids is 1. The maximum Gasteiger partial charge on any atom is 0.395 e. The minimum absolute atomic E-state index is 0.384. The summed E-state index contributed by atoms with van der Waals surface area (Å²) in [6.07, 6.45) is -4.62. The lowest BCUT2D eigenvalue weighted by Crippen LogP contribution is -2.35. The Morgan fingerprint density at radius 1 is 1.46 bits per heavy atom. The standard InChI is InChI=1S/C7H10F3NO2/c1-3(7(8,9)10)5(4(2)11)6(12)13/h3H,11H2,1-2H3,(H,12,13)/p-1. The highest BCUT2D eigenvalue weighted by atomic mass is 19.4. The van der Waals surface area contributed by atoms with Crippen molar-refractivity contribution in [3.63, 3.8) is 0 Å². The third-order valence-corrected chi connectivity index (χ3v) is 1.57. The minimum Gasteiger partial charge on any atom is -0.545 e. The molecule has 0 radical (unpaired) electrons. The monoisotopic (exact) mass is 196 g/mol. The van der Waals surface area contributed by atoms with Gasteiger partial charge < -0.3 is 15.6 Å². The number of carbonyl (C=O) groups is 1. The maximum atomic E-state index is 12.0. The number of hydrogen-bond acceptors (Lipinski definition) is 3. The van der Waals surface area contributed by atoms with E-state index in [-0.39, 0.29) is 5.70 Å². The summed E-state index contributed by atoms with van der Waals surface area (Å²) in [5, 5.41) is 10.3. The summed E-state index contributed by atoms with van der Waals surface area (Å²) in [5.74, 6) is -3.99. The molecule has 2 N–H and O–H groups in total. The lowest BCUT2D eigenvalue weighted by molar-refractivity contribution is -0.302. The first kappa shape index (κ1) is 11.8. The van der Waals surface area contributed by atoms with Crippen molar-refractivity contribution < 1.29 is 23.1 Å². The molecule has 1 unspecified atom stereocenters. The van der Waals surface area contributed by atoms with E-state index in [1.807, 2.05) is 0 Å². The summed E-state index contributed by atoms with van der Waals surface area (Å²) >= 11 is 0. The molecule has 0 aromatic rings. The van der Waals surface area contributed by atoms with Gasteiger partial charge in [-0.3, -0.25) is 0 Å². The van der Waals surface area contributed by atoms with Crippen LogP contribution in [0.4, 0.5) is 13.2 Å². The van der Waals surface area contributed by atoms with E-state index in [9.17, 15) is 23.1 Å². The molecule has 0 aliphatic rings. The summed E-state index contributed by atoms with van der Waals surface area (Å²) in [4.78, 5) is 10.3. The van der Waals surface area contributed by atoms with E-state index in [4.69, 9.17) is 5.73 Å². The van der Waals surface area contributed by atoms with Crippen LogP contribution < -0.4 is 10.8 Å². The average molecular weight is 196 g/mol. The first-order valence-corrected chi connectivity index (χ1v) is 3.42. The molecule has 0 rings (SSSR count). The van der Waals surface area contributed by atoms with E-state index in [2.05, 4.69) is 0 Å². The van der Waals surface area contributed by atoms with E-state index in [1.165, 1.54) is 0 Å². The number of nitrogens with two attached hydrogens (primary N) is 1. The molecular weight excluding hydrogens is 187 g/mol. The van der Waals surface area contributed by atoms with Crippen molar-refractivity contribution in [1.29, 1.82) is 0 Å². The molecule has 0 spiro atoms. The van der Waals surface area contributed by atoms with Crippen LogP contribution in [0, 0.1) is 5.92 Å². The molecule has 13 heavy (non-hydrogen) atoms. The highest BCUT2D eigenvalue weighted by Crippen LogP contribution is 2.31. The van der Waals surface area contributed by atoms with Gasteiger partial charge in [0.1, 0.15) is 0 Å². The van der Waals surface area contributed by atoms with Gasteiger partial charge in [-0.1, -0.05) is 0 Å². The summed E-state index contributed by atoms with van der Waals surface area (Å²) in [6.45, 7) is 1.81. The average Bonchev–Trinajstić information content (AvgIpc) is 1.82. The Morgan fingerprint density at radius 2 is 1.85 bits per heavy atom. The SMILES string of the molecule is CC(N)=C(C(=O)[O-])C(C)C(F)(F)F. The van der Waals surface area contributed by atoms with Gasteiger partial charge in [0, 0.05) is 11.3 Å². The van der Waals surface area contributed by atoms with Crippen LogP contribution in [0.3, 0.4) is 0 Å². The van der Waals surface area contributed by atoms with Crippen LogP contribution in [0.15, 0.2) is 11.3 Å². The predicted molar refractivity (Wildman–Crippen MR) is 37.1 cm³/mol. The van der Waals surface area contributed by atoms with Crippen LogP contribution in [0.5, 0.6) is 0 Å². The van der Waals surface area contributed by atoms with Crippen LogP contribution in [-0.2, 0) is 4.79 Å². The predicted octanol–water partition coefficient (Wildman–Crippen LogP) is 0.167. The molecule has 1 atom stereocenters. The molecule has 76 valence electrons. The molecule has 0 bridgehead atoms. The fourth-order valence-electron chi connectivity index (χ4n) is 0.843. The molecule has 6 heteroatoms. The zero-order valence-electron chi connectivity index (χ0n) is 7.11. The molecule has 0 aliphatic carbocycles. The van der Waals surface area contributed by atoms with E-state index < -0.39 is 23.6 Å². The van der Waals surface area contributed by atoms with Crippen molar-refractivity contribution >= 4 is 5.97 Å². The lowest BCUT2D eigenvalue weighted by Gasteiger charge is -2.20. The highest BCUT2D eigenvalue weighted by molar-refractivity contribution is 5.86. The largest absolute Gasteiger partial charge is 0.545 e. The molecular formula is C7H9F3NO2-. The molecule has 0 aromatic carbocycles. The number of carboxylic acid groups (broad SMARTS) is 1. The normalized spacial score (nSPS) is 16.4. The summed E-state index contributed by atoms with van der Waals surface area (Å²) in [6, 6.07) is 0. The van der Waals surface area contributed by atoms with Crippen molar-refractivity contribution in [2.24, 2.45) is 11.7 Å². The van der Waals surface area contributed by atoms with Crippen LogP contribution >= 0.6 is 0 Å². The second-order valence-electron chi connectivity index (χ2n) is 2.65. The van der Waals surface area contributed by atoms with Crippen molar-refractivity contribution in [3.05, 3.63) is 11.3 Å². The number of carbonyl (C=O) groups excluding carboxylic acids is 1. The van der Waals surface area contributed by atoms with Crippen LogP contribution in [-0.4, -0.2) is 12.1 Å². The molecule has 0 amide bonds. The van der Waals surface area contributed by atoms with E-state index >= 15 is 0 Å². The van der Waals surface area contributed by atoms with Gasteiger partial charge in [-0.15, -0.1) is 0 Å². The first-order chi connectivity index (χ1) is 5.68. The van der Waals surface area contributed by atoms with Gasteiger partial charge in [0.2, 0.25) is 0 Å². The Labute approximate surface area is 73.0 Å². The Bertz CT molecular complexity index is 241. The van der Waals surface area contributed by atoms with E-state index in [0.29, 0.717) is 0 Å². The third-order valence-electron chi connectivity index (χ3n) is 1.57. The second-order valence-corrected chi connectivity index (χ2v) is 2.65. The lowest BCUT2D eigenvalue weighted by atomic mass is 9.99. The molecule has 0 saturated heterocycles. The van der Waals surface area contributed by atoms with Gasteiger partial charge in [0.05, 0.1) is 11.9 Å². The van der Waals surface area contributed by atoms with Crippen molar-refractivity contribution in [2.75, 3.05) is 0 Å². The van der Waals surface area contributed by atoms with Gasteiger partial charge in [0.25, 0.3) is 0 Å². The molecule has 0 aromatic heterocycles. The smallest absolute Gasteiger partial charge is 0.395 e. The van der Waals surface area contributed by atoms with Gasteiger partial charge >= 0.3 is 6.18 Å². The quantitative estimate of drug-likeness (QED) is 0.640. The summed E-state index contributed by atoms with van der Waals surface area (Å²) in [7, 11) is 0. The maximum absolute atomic E-state index is 12.0. The van der Waals surface area contributed by atoms with Gasteiger partial charge in [-0.25, -0.2) is 0 Å². The van der Waals surface area contributed by atoms with Gasteiger partial charge in [-0.05, 0) is 13.8 Å². The minimum atomic E-state index is -4.62. The molecule has 0 aliphatic heterocycles. The molecule has 0 heterocycles. The molecule has 0 saturated carbocycles. The fraction of sp³-hybridized carbons (Fsp3) is 0.571. The van der Waals surface area contributed by atoms with Gasteiger partial charge in [0.15, 0.2) is 0 Å². The second kappa shape index (κ2) is 3.68. The number of allylic oxidation sites excluding steroid dienone is 1. The van der Waals surface area contributed by atoms with Crippen molar-refractivity contribution in [1.82, 2.24) is 0 Å². The first-order valence-electron chi connectivity index (χ1n) is 3.42. The zero-order valence-corrected chi connectivity index (χ0v) is 7.11. The number of carboxylic acids is 1. The van der Waals surface area contributed by atoms with Crippen molar-refractivity contribution in [2.45, 2.75) is 20.0 Å². The van der Waals surface area contributed by atoms with Crippen LogP contribution in [0.1, 0.15) is 13.8 Å². The number of alkyl halides is 3. The molecule has 3 nitrogen and oxygen atoms in total. The Hall–Kier alpha value is -1.20. The number of rotatable bonds is 2. The van der Waals surface area contributed by atoms with E-state index in [0.717, 1.165) is 13.8 Å². The number of halogens is 3. The summed E-state index contributed by atoms with van der Waals surface area (Å²) < 4.78 is 36.1.